The minimum Gasteiger partial charge on any atom is -0.361 e. The van der Waals surface area contributed by atoms with Crippen LogP contribution in [0.4, 0.5) is 0 Å². The van der Waals surface area contributed by atoms with Crippen molar-refractivity contribution in [2.75, 3.05) is 12.8 Å². The molecule has 1 heterocycles. The lowest BCUT2D eigenvalue weighted by molar-refractivity contribution is 0.0949. The Morgan fingerprint density at radius 1 is 1.30 bits per heavy atom. The normalized spacial score (nSPS) is 11.8. The predicted octanol–water partition coefficient (Wildman–Crippen LogP) is 3.82. The molecule has 0 spiro atoms. The van der Waals surface area contributed by atoms with Gasteiger partial charge in [0.15, 0.2) is 0 Å². The smallest absolute Gasteiger partial charge is 0.251 e. The topological polar surface area (TPSA) is 44.9 Å². The van der Waals surface area contributed by atoms with Crippen molar-refractivity contribution in [3.63, 3.8) is 0 Å². The van der Waals surface area contributed by atoms with E-state index in [2.05, 4.69) is 30.4 Å². The van der Waals surface area contributed by atoms with E-state index in [-0.39, 0.29) is 10.7 Å². The van der Waals surface area contributed by atoms with Gasteiger partial charge in [0.2, 0.25) is 0 Å². The van der Waals surface area contributed by atoms with Crippen molar-refractivity contribution < 1.29 is 4.79 Å². The van der Waals surface area contributed by atoms with Crippen LogP contribution in [0.2, 0.25) is 0 Å². The average molecular weight is 290 g/mol. The Labute approximate surface area is 124 Å². The number of H-pyrrole nitrogens is 1. The third-order valence-corrected chi connectivity index (χ3v) is 5.70. The number of hydrogen-bond donors (Lipinski definition) is 2. The fourth-order valence-electron chi connectivity index (χ4n) is 2.40. The number of aromatic amines is 1. The molecule has 1 aromatic heterocycles. The highest BCUT2D eigenvalue weighted by molar-refractivity contribution is 8.00. The number of thioether (sulfide) groups is 1. The van der Waals surface area contributed by atoms with Gasteiger partial charge >= 0.3 is 0 Å². The van der Waals surface area contributed by atoms with Crippen LogP contribution < -0.4 is 5.32 Å². The zero-order valence-corrected chi connectivity index (χ0v) is 13.1. The molecule has 2 aromatic rings. The number of carbonyl (C=O) groups is 1. The van der Waals surface area contributed by atoms with Gasteiger partial charge in [-0.1, -0.05) is 13.8 Å². The number of benzene rings is 1. The summed E-state index contributed by atoms with van der Waals surface area (Å²) in [6.07, 6.45) is 6.12. The molecule has 2 rings (SSSR count). The molecule has 0 aliphatic rings. The molecule has 0 saturated carbocycles. The number of aromatic nitrogens is 1. The van der Waals surface area contributed by atoms with Crippen molar-refractivity contribution in [2.45, 2.75) is 31.4 Å². The number of fused-ring (bicyclic) bond motifs is 1. The van der Waals surface area contributed by atoms with Crippen molar-refractivity contribution in [3.05, 3.63) is 36.0 Å². The van der Waals surface area contributed by atoms with Gasteiger partial charge in [-0.2, -0.15) is 11.8 Å². The molecular weight excluding hydrogens is 268 g/mol. The SMILES string of the molecule is CCC(CC)(CNC(=O)c1ccc2[nH]ccc2c1)SC. The Hall–Kier alpha value is -1.42. The van der Waals surface area contributed by atoms with E-state index in [1.165, 1.54) is 0 Å². The molecule has 4 heteroatoms. The molecule has 108 valence electrons. The molecule has 1 amide bonds. The molecule has 0 atom stereocenters. The lowest BCUT2D eigenvalue weighted by Crippen LogP contribution is -2.39. The number of carbonyl (C=O) groups excluding carboxylic acids is 1. The van der Waals surface area contributed by atoms with E-state index in [1.807, 2.05) is 42.2 Å². The van der Waals surface area contributed by atoms with Crippen molar-refractivity contribution >= 4 is 28.6 Å². The Balaban J connectivity index is 2.07. The van der Waals surface area contributed by atoms with E-state index in [0.717, 1.165) is 29.3 Å². The molecule has 1 aromatic carbocycles. The minimum absolute atomic E-state index is 0.00780. The Kier molecular flexibility index (Phi) is 4.76. The van der Waals surface area contributed by atoms with Gasteiger partial charge in [0.1, 0.15) is 0 Å². The van der Waals surface area contributed by atoms with Crippen LogP contribution in [-0.2, 0) is 0 Å². The van der Waals surface area contributed by atoms with E-state index < -0.39 is 0 Å². The van der Waals surface area contributed by atoms with E-state index in [0.29, 0.717) is 6.54 Å². The van der Waals surface area contributed by atoms with Crippen LogP contribution in [0, 0.1) is 0 Å². The first-order valence-electron chi connectivity index (χ1n) is 7.04. The van der Waals surface area contributed by atoms with Crippen molar-refractivity contribution in [1.82, 2.24) is 10.3 Å². The third-order valence-electron chi connectivity index (χ3n) is 4.11. The standard InChI is InChI=1S/C16H22N2OS/c1-4-16(5-2,20-3)11-18-15(19)13-6-7-14-12(10-13)8-9-17-14/h6-10,17H,4-5,11H2,1-3H3,(H,18,19). The molecule has 0 bridgehead atoms. The molecule has 0 saturated heterocycles. The van der Waals surface area contributed by atoms with Crippen LogP contribution in [0.5, 0.6) is 0 Å². The number of rotatable bonds is 6. The highest BCUT2D eigenvalue weighted by Crippen LogP contribution is 2.29. The second-order valence-corrected chi connectivity index (χ2v) is 6.33. The highest BCUT2D eigenvalue weighted by Gasteiger charge is 2.25. The van der Waals surface area contributed by atoms with Gasteiger partial charge in [-0.3, -0.25) is 4.79 Å². The number of hydrogen-bond acceptors (Lipinski definition) is 2. The maximum Gasteiger partial charge on any atom is 0.251 e. The monoisotopic (exact) mass is 290 g/mol. The van der Waals surface area contributed by atoms with Crippen molar-refractivity contribution in [1.29, 1.82) is 0 Å². The quantitative estimate of drug-likeness (QED) is 0.849. The summed E-state index contributed by atoms with van der Waals surface area (Å²) >= 11 is 1.84. The lowest BCUT2D eigenvalue weighted by Gasteiger charge is -2.29. The third kappa shape index (κ3) is 3.01. The number of amides is 1. The molecular formula is C16H22N2OS. The van der Waals surface area contributed by atoms with Gasteiger partial charge in [-0.05, 0) is 43.4 Å². The van der Waals surface area contributed by atoms with E-state index in [4.69, 9.17) is 0 Å². The Morgan fingerprint density at radius 3 is 2.70 bits per heavy atom. The maximum absolute atomic E-state index is 12.3. The molecule has 0 aliphatic carbocycles. The summed E-state index contributed by atoms with van der Waals surface area (Å²) in [6, 6.07) is 7.73. The second-order valence-electron chi connectivity index (χ2n) is 5.06. The van der Waals surface area contributed by atoms with Crippen LogP contribution in [0.15, 0.2) is 30.5 Å². The summed E-state index contributed by atoms with van der Waals surface area (Å²) < 4.78 is 0.147. The fraction of sp³-hybridized carbons (Fsp3) is 0.438. The predicted molar refractivity (Wildman–Crippen MR) is 87.5 cm³/mol. The summed E-state index contributed by atoms with van der Waals surface area (Å²) in [7, 11) is 0. The molecule has 0 fully saturated rings. The summed E-state index contributed by atoms with van der Waals surface area (Å²) in [5.74, 6) is 0.00780. The van der Waals surface area contributed by atoms with Crippen LogP contribution in [-0.4, -0.2) is 28.4 Å². The zero-order chi connectivity index (χ0) is 14.6. The van der Waals surface area contributed by atoms with Gasteiger partial charge in [-0.25, -0.2) is 0 Å². The van der Waals surface area contributed by atoms with Gasteiger partial charge in [0.25, 0.3) is 5.91 Å². The van der Waals surface area contributed by atoms with Crippen LogP contribution >= 0.6 is 11.8 Å². The zero-order valence-electron chi connectivity index (χ0n) is 12.3. The molecule has 0 aliphatic heterocycles. The van der Waals surface area contributed by atoms with E-state index in [1.54, 1.807) is 0 Å². The fourth-order valence-corrected chi connectivity index (χ4v) is 3.19. The van der Waals surface area contributed by atoms with E-state index in [9.17, 15) is 4.79 Å². The average Bonchev–Trinajstić information content (AvgIpc) is 2.96. The molecule has 2 N–H and O–H groups in total. The van der Waals surface area contributed by atoms with Crippen LogP contribution in [0.1, 0.15) is 37.0 Å². The van der Waals surface area contributed by atoms with Crippen LogP contribution in [0.25, 0.3) is 10.9 Å². The highest BCUT2D eigenvalue weighted by atomic mass is 32.2. The first-order valence-corrected chi connectivity index (χ1v) is 8.27. The van der Waals surface area contributed by atoms with Crippen LogP contribution in [0.3, 0.4) is 0 Å². The summed E-state index contributed by atoms with van der Waals surface area (Å²) in [5, 5.41) is 4.15. The first-order chi connectivity index (χ1) is 9.64. The molecule has 0 unspecified atom stereocenters. The summed E-state index contributed by atoms with van der Waals surface area (Å²) in [4.78, 5) is 15.4. The summed E-state index contributed by atoms with van der Waals surface area (Å²) in [6.45, 7) is 5.07. The molecule has 20 heavy (non-hydrogen) atoms. The van der Waals surface area contributed by atoms with Crippen molar-refractivity contribution in [2.24, 2.45) is 0 Å². The minimum atomic E-state index is 0.00780. The lowest BCUT2D eigenvalue weighted by atomic mass is 10.0. The maximum atomic E-state index is 12.3. The molecule has 0 radical (unpaired) electrons. The number of nitrogens with one attached hydrogen (secondary N) is 2. The van der Waals surface area contributed by atoms with Gasteiger partial charge in [0.05, 0.1) is 0 Å². The summed E-state index contributed by atoms with van der Waals surface area (Å²) in [5.41, 5.74) is 1.78. The van der Waals surface area contributed by atoms with Crippen molar-refractivity contribution in [3.8, 4) is 0 Å². The largest absolute Gasteiger partial charge is 0.361 e. The van der Waals surface area contributed by atoms with Gasteiger partial charge in [-0.15, -0.1) is 0 Å². The first kappa shape index (κ1) is 15.0. The van der Waals surface area contributed by atoms with Gasteiger partial charge < -0.3 is 10.3 Å². The Morgan fingerprint density at radius 2 is 2.05 bits per heavy atom. The van der Waals surface area contributed by atoms with Gasteiger partial charge in [0, 0.05) is 34.0 Å². The molecule has 3 nitrogen and oxygen atoms in total. The van der Waals surface area contributed by atoms with E-state index >= 15 is 0 Å². The second kappa shape index (κ2) is 6.35. The Bertz CT molecular complexity index is 579.